The van der Waals surface area contributed by atoms with Crippen LogP contribution in [0.15, 0.2) is 72.8 Å². The summed E-state index contributed by atoms with van der Waals surface area (Å²) in [7, 11) is -3.49. The van der Waals surface area contributed by atoms with E-state index in [1.54, 1.807) is 75.4 Å². The molecule has 0 fully saturated rings. The second kappa shape index (κ2) is 8.37. The lowest BCUT2D eigenvalue weighted by Gasteiger charge is -2.20. The molecule has 0 atom stereocenters. The molecule has 2 N–H and O–H groups in total. The number of sulfonamides is 1. The number of carbonyl (C=O) groups is 2. The van der Waals surface area contributed by atoms with Crippen LogP contribution >= 0.6 is 0 Å². The Bertz CT molecular complexity index is 1310. The number of rotatable bonds is 6. The number of fused-ring (bicyclic) bond motifs is 1. The van der Waals surface area contributed by atoms with E-state index in [1.165, 1.54) is 4.90 Å². The number of anilines is 3. The SMILES string of the molecule is CC(C)(C)S(=O)(=O)Nc1ccc(CNc2ccc3c(c2)C(=O)N(c2ccccc2)C3=O)cc1. The number of nitrogens with zero attached hydrogens (tertiary/aromatic N) is 1. The summed E-state index contributed by atoms with van der Waals surface area (Å²) in [6.45, 7) is 5.39. The van der Waals surface area contributed by atoms with Crippen molar-refractivity contribution in [3.05, 3.63) is 89.5 Å². The predicted molar refractivity (Wildman–Crippen MR) is 130 cm³/mol. The van der Waals surface area contributed by atoms with Crippen molar-refractivity contribution in [1.82, 2.24) is 0 Å². The van der Waals surface area contributed by atoms with Gasteiger partial charge >= 0.3 is 0 Å². The normalized spacial score (nSPS) is 13.7. The van der Waals surface area contributed by atoms with Crippen LogP contribution in [-0.2, 0) is 16.6 Å². The highest BCUT2D eigenvalue weighted by atomic mass is 32.2. The van der Waals surface area contributed by atoms with Gasteiger partial charge in [0.1, 0.15) is 0 Å². The number of nitrogens with one attached hydrogen (secondary N) is 2. The Balaban J connectivity index is 1.45. The number of imide groups is 1. The highest BCUT2D eigenvalue weighted by molar-refractivity contribution is 7.94. The molecule has 3 aromatic rings. The second-order valence-electron chi connectivity index (χ2n) is 8.81. The van der Waals surface area contributed by atoms with E-state index in [0.717, 1.165) is 5.56 Å². The summed E-state index contributed by atoms with van der Waals surface area (Å²) in [5, 5.41) is 3.25. The van der Waals surface area contributed by atoms with Gasteiger partial charge < -0.3 is 5.32 Å². The Morgan fingerprint density at radius 1 is 0.788 bits per heavy atom. The van der Waals surface area contributed by atoms with Gasteiger partial charge in [0, 0.05) is 17.9 Å². The van der Waals surface area contributed by atoms with E-state index in [2.05, 4.69) is 10.0 Å². The molecule has 1 heterocycles. The molecule has 1 aliphatic heterocycles. The first-order valence-corrected chi connectivity index (χ1v) is 12.0. The van der Waals surface area contributed by atoms with Gasteiger partial charge in [-0.25, -0.2) is 13.3 Å². The number of benzene rings is 3. The standard InChI is InChI=1S/C25H25N3O4S/c1-25(2,3)33(31,32)27-18-11-9-17(10-12-18)16-26-19-13-14-21-22(15-19)24(30)28(23(21)29)20-7-5-4-6-8-20/h4-15,26-27H,16H2,1-3H3. The summed E-state index contributed by atoms with van der Waals surface area (Å²) in [5.74, 6) is -0.679. The highest BCUT2D eigenvalue weighted by Gasteiger charge is 2.36. The maximum absolute atomic E-state index is 12.9. The van der Waals surface area contributed by atoms with Crippen molar-refractivity contribution in [3.63, 3.8) is 0 Å². The van der Waals surface area contributed by atoms with Gasteiger partial charge in [-0.3, -0.25) is 14.3 Å². The van der Waals surface area contributed by atoms with E-state index in [1.807, 2.05) is 18.2 Å². The molecular weight excluding hydrogens is 438 g/mol. The van der Waals surface area contributed by atoms with Gasteiger partial charge in [-0.2, -0.15) is 0 Å². The van der Waals surface area contributed by atoms with E-state index < -0.39 is 14.8 Å². The first kappa shape index (κ1) is 22.5. The van der Waals surface area contributed by atoms with Gasteiger partial charge in [-0.1, -0.05) is 30.3 Å². The molecule has 8 heteroatoms. The van der Waals surface area contributed by atoms with E-state index >= 15 is 0 Å². The summed E-state index contributed by atoms with van der Waals surface area (Å²) in [6.07, 6.45) is 0. The molecule has 3 aromatic carbocycles. The van der Waals surface area contributed by atoms with Crippen LogP contribution in [0.1, 0.15) is 47.1 Å². The minimum absolute atomic E-state index is 0.332. The van der Waals surface area contributed by atoms with Gasteiger partial charge in [-0.05, 0) is 68.8 Å². The van der Waals surface area contributed by atoms with Crippen LogP contribution < -0.4 is 14.9 Å². The summed E-state index contributed by atoms with van der Waals surface area (Å²) < 4.78 is 26.3. The van der Waals surface area contributed by atoms with Crippen molar-refractivity contribution in [1.29, 1.82) is 0 Å². The molecule has 0 aliphatic carbocycles. The molecule has 0 saturated carbocycles. The van der Waals surface area contributed by atoms with Crippen LogP contribution in [0.3, 0.4) is 0 Å². The maximum Gasteiger partial charge on any atom is 0.266 e. The highest BCUT2D eigenvalue weighted by Crippen LogP contribution is 2.30. The van der Waals surface area contributed by atoms with Crippen molar-refractivity contribution in [2.75, 3.05) is 14.9 Å². The van der Waals surface area contributed by atoms with Crippen molar-refractivity contribution in [2.24, 2.45) is 0 Å². The van der Waals surface area contributed by atoms with E-state index in [9.17, 15) is 18.0 Å². The second-order valence-corrected chi connectivity index (χ2v) is 11.2. The van der Waals surface area contributed by atoms with E-state index in [0.29, 0.717) is 34.7 Å². The smallest absolute Gasteiger partial charge is 0.266 e. The summed E-state index contributed by atoms with van der Waals surface area (Å²) in [4.78, 5) is 26.8. The molecular formula is C25H25N3O4S. The molecule has 0 unspecified atom stereocenters. The Morgan fingerprint density at radius 2 is 1.39 bits per heavy atom. The molecule has 170 valence electrons. The monoisotopic (exact) mass is 463 g/mol. The van der Waals surface area contributed by atoms with Gasteiger partial charge in [0.25, 0.3) is 11.8 Å². The summed E-state index contributed by atoms with van der Waals surface area (Å²) >= 11 is 0. The third-order valence-electron chi connectivity index (χ3n) is 5.41. The number of para-hydroxylation sites is 1. The Labute approximate surface area is 193 Å². The minimum Gasteiger partial charge on any atom is -0.381 e. The Morgan fingerprint density at radius 3 is 2.03 bits per heavy atom. The van der Waals surface area contributed by atoms with Gasteiger partial charge in [0.2, 0.25) is 10.0 Å². The Kier molecular flexibility index (Phi) is 5.71. The molecule has 2 amide bonds. The minimum atomic E-state index is -3.49. The quantitative estimate of drug-likeness (QED) is 0.519. The fraction of sp³-hybridized carbons (Fsp3) is 0.200. The molecule has 0 saturated heterocycles. The lowest BCUT2D eigenvalue weighted by atomic mass is 10.1. The van der Waals surface area contributed by atoms with Gasteiger partial charge in [0.15, 0.2) is 0 Å². The van der Waals surface area contributed by atoms with Crippen LogP contribution in [0.5, 0.6) is 0 Å². The zero-order valence-electron chi connectivity index (χ0n) is 18.6. The first-order valence-electron chi connectivity index (χ1n) is 10.5. The van der Waals surface area contributed by atoms with Crippen LogP contribution in [-0.4, -0.2) is 25.0 Å². The lowest BCUT2D eigenvalue weighted by Crippen LogP contribution is -2.33. The van der Waals surface area contributed by atoms with Crippen LogP contribution in [0.2, 0.25) is 0 Å². The molecule has 0 spiro atoms. The van der Waals surface area contributed by atoms with Crippen molar-refractivity contribution in [3.8, 4) is 0 Å². The third kappa shape index (κ3) is 4.47. The van der Waals surface area contributed by atoms with Crippen LogP contribution in [0.25, 0.3) is 0 Å². The third-order valence-corrected chi connectivity index (χ3v) is 7.53. The van der Waals surface area contributed by atoms with Crippen LogP contribution in [0.4, 0.5) is 17.1 Å². The lowest BCUT2D eigenvalue weighted by molar-refractivity contribution is 0.0926. The average molecular weight is 464 g/mol. The molecule has 1 aliphatic rings. The fourth-order valence-corrected chi connectivity index (χ4v) is 4.12. The van der Waals surface area contributed by atoms with Crippen molar-refractivity contribution < 1.29 is 18.0 Å². The predicted octanol–water partition coefficient (Wildman–Crippen LogP) is 4.64. The van der Waals surface area contributed by atoms with Gasteiger partial charge in [0.05, 0.1) is 21.6 Å². The first-order chi connectivity index (χ1) is 15.6. The fourth-order valence-electron chi connectivity index (χ4n) is 3.37. The molecule has 0 radical (unpaired) electrons. The molecule has 4 rings (SSSR count). The van der Waals surface area contributed by atoms with E-state index in [4.69, 9.17) is 0 Å². The summed E-state index contributed by atoms with van der Waals surface area (Å²) in [5.41, 5.74) is 3.42. The van der Waals surface area contributed by atoms with Crippen molar-refractivity contribution >= 4 is 38.9 Å². The maximum atomic E-state index is 12.9. The molecule has 7 nitrogen and oxygen atoms in total. The van der Waals surface area contributed by atoms with Crippen LogP contribution in [0, 0.1) is 0 Å². The average Bonchev–Trinajstić information content (AvgIpc) is 3.02. The summed E-state index contributed by atoms with van der Waals surface area (Å²) in [6, 6.07) is 21.0. The van der Waals surface area contributed by atoms with Crippen molar-refractivity contribution in [2.45, 2.75) is 32.1 Å². The number of carbonyl (C=O) groups excluding carboxylic acids is 2. The topological polar surface area (TPSA) is 95.6 Å². The number of amides is 2. The van der Waals surface area contributed by atoms with Gasteiger partial charge in [-0.15, -0.1) is 0 Å². The molecule has 0 aromatic heterocycles. The largest absolute Gasteiger partial charge is 0.381 e. The molecule has 0 bridgehead atoms. The zero-order valence-corrected chi connectivity index (χ0v) is 19.4. The molecule has 33 heavy (non-hydrogen) atoms. The Hall–Kier alpha value is -3.65. The number of hydrogen-bond donors (Lipinski definition) is 2. The number of hydrogen-bond acceptors (Lipinski definition) is 5. The van der Waals surface area contributed by atoms with E-state index in [-0.39, 0.29) is 11.8 Å². The zero-order chi connectivity index (χ0) is 23.8.